The SMILES string of the molecule is CCC(N)C(N1CCC(NC(C)=O)C1)C(F)(F)F. The summed E-state index contributed by atoms with van der Waals surface area (Å²) in [6, 6.07) is -2.77. The monoisotopic (exact) mass is 267 g/mol. The highest BCUT2D eigenvalue weighted by molar-refractivity contribution is 5.73. The summed E-state index contributed by atoms with van der Waals surface area (Å²) in [7, 11) is 0. The highest BCUT2D eigenvalue weighted by Crippen LogP contribution is 2.30. The summed E-state index contributed by atoms with van der Waals surface area (Å²) in [5.41, 5.74) is 5.58. The van der Waals surface area contributed by atoms with E-state index in [0.717, 1.165) is 0 Å². The average molecular weight is 267 g/mol. The van der Waals surface area contributed by atoms with Gasteiger partial charge >= 0.3 is 6.18 Å². The molecule has 0 bridgehead atoms. The summed E-state index contributed by atoms with van der Waals surface area (Å²) in [6.45, 7) is 3.52. The molecular weight excluding hydrogens is 247 g/mol. The fraction of sp³-hybridized carbons (Fsp3) is 0.909. The molecule has 0 aromatic heterocycles. The number of halogens is 3. The number of rotatable bonds is 4. The average Bonchev–Trinajstić information content (AvgIpc) is 2.62. The first-order valence-corrected chi connectivity index (χ1v) is 6.09. The van der Waals surface area contributed by atoms with E-state index in [0.29, 0.717) is 13.0 Å². The highest BCUT2D eigenvalue weighted by atomic mass is 19.4. The van der Waals surface area contributed by atoms with Gasteiger partial charge in [0.05, 0.1) is 0 Å². The van der Waals surface area contributed by atoms with Gasteiger partial charge in [0, 0.05) is 32.1 Å². The number of likely N-dealkylation sites (tertiary alicyclic amines) is 1. The first-order valence-electron chi connectivity index (χ1n) is 6.09. The number of nitrogens with zero attached hydrogens (tertiary/aromatic N) is 1. The molecule has 1 heterocycles. The molecule has 3 N–H and O–H groups in total. The number of nitrogens with two attached hydrogens (primary N) is 1. The van der Waals surface area contributed by atoms with E-state index >= 15 is 0 Å². The normalized spacial score (nSPS) is 24.9. The van der Waals surface area contributed by atoms with Crippen LogP contribution in [0.15, 0.2) is 0 Å². The zero-order valence-corrected chi connectivity index (χ0v) is 10.6. The molecule has 0 spiro atoms. The largest absolute Gasteiger partial charge is 0.405 e. The fourth-order valence-electron chi connectivity index (χ4n) is 2.39. The smallest absolute Gasteiger partial charge is 0.352 e. The predicted molar refractivity (Wildman–Crippen MR) is 61.9 cm³/mol. The van der Waals surface area contributed by atoms with Gasteiger partial charge in [0.1, 0.15) is 6.04 Å². The van der Waals surface area contributed by atoms with Crippen molar-refractivity contribution in [2.24, 2.45) is 5.73 Å². The topological polar surface area (TPSA) is 58.4 Å². The van der Waals surface area contributed by atoms with Crippen LogP contribution in [0.4, 0.5) is 13.2 Å². The van der Waals surface area contributed by atoms with Crippen LogP contribution in [-0.4, -0.2) is 48.2 Å². The van der Waals surface area contributed by atoms with E-state index in [1.165, 1.54) is 11.8 Å². The molecule has 0 radical (unpaired) electrons. The van der Waals surface area contributed by atoms with Crippen molar-refractivity contribution in [3.05, 3.63) is 0 Å². The Morgan fingerprint density at radius 1 is 1.56 bits per heavy atom. The first kappa shape index (κ1) is 15.2. The van der Waals surface area contributed by atoms with Crippen molar-refractivity contribution in [1.29, 1.82) is 0 Å². The van der Waals surface area contributed by atoms with Gasteiger partial charge in [-0.3, -0.25) is 9.69 Å². The van der Waals surface area contributed by atoms with Crippen molar-refractivity contribution in [2.45, 2.75) is 51.0 Å². The van der Waals surface area contributed by atoms with Crippen LogP contribution < -0.4 is 11.1 Å². The lowest BCUT2D eigenvalue weighted by atomic mass is 10.0. The standard InChI is InChI=1S/C11H20F3N3O/c1-3-9(15)10(11(12,13)14)17-5-4-8(6-17)16-7(2)18/h8-10H,3-6,15H2,1-2H3,(H,16,18). The van der Waals surface area contributed by atoms with Crippen molar-refractivity contribution in [1.82, 2.24) is 10.2 Å². The summed E-state index contributed by atoms with van der Waals surface area (Å²) in [5.74, 6) is -0.217. The van der Waals surface area contributed by atoms with E-state index in [1.807, 2.05) is 0 Å². The quantitative estimate of drug-likeness (QED) is 0.794. The lowest BCUT2D eigenvalue weighted by Gasteiger charge is -2.33. The molecule has 1 rings (SSSR count). The number of alkyl halides is 3. The lowest BCUT2D eigenvalue weighted by Crippen LogP contribution is -2.55. The zero-order valence-electron chi connectivity index (χ0n) is 10.6. The van der Waals surface area contributed by atoms with Gasteiger partial charge in [-0.05, 0) is 12.8 Å². The van der Waals surface area contributed by atoms with Crippen LogP contribution >= 0.6 is 0 Å². The Morgan fingerprint density at radius 2 is 2.17 bits per heavy atom. The minimum atomic E-state index is -4.33. The van der Waals surface area contributed by atoms with E-state index in [4.69, 9.17) is 5.73 Å². The van der Waals surface area contributed by atoms with E-state index in [1.54, 1.807) is 6.92 Å². The van der Waals surface area contributed by atoms with Crippen LogP contribution in [0.3, 0.4) is 0 Å². The van der Waals surface area contributed by atoms with Gasteiger partial charge in [-0.1, -0.05) is 6.92 Å². The molecule has 1 fully saturated rings. The van der Waals surface area contributed by atoms with Gasteiger partial charge in [-0.15, -0.1) is 0 Å². The van der Waals surface area contributed by atoms with Crippen molar-refractivity contribution in [2.75, 3.05) is 13.1 Å². The first-order chi connectivity index (χ1) is 8.25. The summed E-state index contributed by atoms with van der Waals surface area (Å²) in [6.07, 6.45) is -3.53. The molecule has 18 heavy (non-hydrogen) atoms. The molecule has 3 atom stereocenters. The lowest BCUT2D eigenvalue weighted by molar-refractivity contribution is -0.186. The molecule has 1 aliphatic rings. The maximum atomic E-state index is 13.0. The third-order valence-corrected chi connectivity index (χ3v) is 3.23. The molecule has 7 heteroatoms. The molecule has 4 nitrogen and oxygen atoms in total. The van der Waals surface area contributed by atoms with Crippen LogP contribution in [0.5, 0.6) is 0 Å². The van der Waals surface area contributed by atoms with Gasteiger partial charge in [-0.25, -0.2) is 0 Å². The minimum absolute atomic E-state index is 0.206. The Balaban J connectivity index is 2.69. The second-order valence-electron chi connectivity index (χ2n) is 4.74. The third kappa shape index (κ3) is 3.84. The highest BCUT2D eigenvalue weighted by Gasteiger charge is 2.48. The van der Waals surface area contributed by atoms with Gasteiger partial charge in [-0.2, -0.15) is 13.2 Å². The molecule has 0 aromatic carbocycles. The van der Waals surface area contributed by atoms with Gasteiger partial charge in [0.25, 0.3) is 0 Å². The van der Waals surface area contributed by atoms with Crippen LogP contribution in [0, 0.1) is 0 Å². The number of amides is 1. The van der Waals surface area contributed by atoms with E-state index in [9.17, 15) is 18.0 Å². The van der Waals surface area contributed by atoms with Crippen LogP contribution in [0.2, 0.25) is 0 Å². The Labute approximate surface area is 105 Å². The molecule has 0 aliphatic carbocycles. The van der Waals surface area contributed by atoms with Gasteiger partial charge in [0.15, 0.2) is 0 Å². The fourth-order valence-corrected chi connectivity index (χ4v) is 2.39. The number of hydrogen-bond acceptors (Lipinski definition) is 3. The second-order valence-corrected chi connectivity index (χ2v) is 4.74. The van der Waals surface area contributed by atoms with Crippen molar-refractivity contribution >= 4 is 5.91 Å². The Kier molecular flexibility index (Phi) is 4.98. The van der Waals surface area contributed by atoms with Crippen LogP contribution in [0.25, 0.3) is 0 Å². The number of carbonyl (C=O) groups is 1. The Bertz CT molecular complexity index is 296. The molecule has 0 aromatic rings. The Hall–Kier alpha value is -0.820. The summed E-state index contributed by atoms with van der Waals surface area (Å²) in [5, 5.41) is 2.65. The summed E-state index contributed by atoms with van der Waals surface area (Å²) >= 11 is 0. The van der Waals surface area contributed by atoms with Crippen LogP contribution in [0.1, 0.15) is 26.7 Å². The van der Waals surface area contributed by atoms with Crippen molar-refractivity contribution in [3.8, 4) is 0 Å². The molecular formula is C11H20F3N3O. The molecule has 0 saturated carbocycles. The van der Waals surface area contributed by atoms with E-state index in [2.05, 4.69) is 5.32 Å². The summed E-state index contributed by atoms with van der Waals surface area (Å²) in [4.78, 5) is 12.2. The molecule has 1 amide bonds. The third-order valence-electron chi connectivity index (χ3n) is 3.23. The summed E-state index contributed by atoms with van der Waals surface area (Å²) < 4.78 is 39.0. The van der Waals surface area contributed by atoms with E-state index < -0.39 is 18.3 Å². The Morgan fingerprint density at radius 3 is 2.61 bits per heavy atom. The zero-order chi connectivity index (χ0) is 13.9. The second kappa shape index (κ2) is 5.88. The molecule has 3 unspecified atom stereocenters. The van der Waals surface area contributed by atoms with E-state index in [-0.39, 0.29) is 24.9 Å². The van der Waals surface area contributed by atoms with Gasteiger partial charge < -0.3 is 11.1 Å². The maximum absolute atomic E-state index is 13.0. The van der Waals surface area contributed by atoms with Crippen molar-refractivity contribution in [3.63, 3.8) is 0 Å². The minimum Gasteiger partial charge on any atom is -0.352 e. The maximum Gasteiger partial charge on any atom is 0.405 e. The van der Waals surface area contributed by atoms with Crippen LogP contribution in [-0.2, 0) is 4.79 Å². The molecule has 1 aliphatic heterocycles. The molecule has 1 saturated heterocycles. The van der Waals surface area contributed by atoms with Crippen molar-refractivity contribution < 1.29 is 18.0 Å². The number of hydrogen-bond donors (Lipinski definition) is 2. The predicted octanol–water partition coefficient (Wildman–Crippen LogP) is 0.865. The number of carbonyl (C=O) groups excluding carboxylic acids is 1. The number of nitrogens with one attached hydrogen (secondary N) is 1. The van der Waals surface area contributed by atoms with Gasteiger partial charge in [0.2, 0.25) is 5.91 Å². The molecule has 106 valence electrons.